The summed E-state index contributed by atoms with van der Waals surface area (Å²) in [7, 11) is 0. The maximum absolute atomic E-state index is 13.9. The van der Waals surface area contributed by atoms with Crippen LogP contribution in [0.2, 0.25) is 0 Å². The highest BCUT2D eigenvalue weighted by Crippen LogP contribution is 2.61. The fraction of sp³-hybridized carbons (Fsp3) is 0.200. The molecular formula is C35H28N2O5. The van der Waals surface area contributed by atoms with E-state index in [9.17, 15) is 19.2 Å². The molecule has 1 aliphatic heterocycles. The Morgan fingerprint density at radius 1 is 0.714 bits per heavy atom. The molecule has 1 fully saturated rings. The molecule has 42 heavy (non-hydrogen) atoms. The molecule has 0 spiro atoms. The second-order valence-corrected chi connectivity index (χ2v) is 11.3. The summed E-state index contributed by atoms with van der Waals surface area (Å²) >= 11 is 0. The Kier molecular flexibility index (Phi) is 6.04. The highest BCUT2D eigenvalue weighted by molar-refractivity contribution is 6.23. The van der Waals surface area contributed by atoms with E-state index in [-0.39, 0.29) is 29.2 Å². The number of hydrogen-bond donors (Lipinski definition) is 1. The summed E-state index contributed by atoms with van der Waals surface area (Å²) < 4.78 is 5.22. The second kappa shape index (κ2) is 9.80. The van der Waals surface area contributed by atoms with E-state index in [4.69, 9.17) is 4.74 Å². The molecule has 7 heteroatoms. The number of carbonyl (C=O) groups is 4. The molecule has 1 heterocycles. The van der Waals surface area contributed by atoms with Crippen molar-refractivity contribution in [3.8, 4) is 0 Å². The highest BCUT2D eigenvalue weighted by Gasteiger charge is 2.61. The van der Waals surface area contributed by atoms with Gasteiger partial charge in [0.15, 0.2) is 6.61 Å². The molecule has 1 saturated heterocycles. The van der Waals surface area contributed by atoms with Gasteiger partial charge < -0.3 is 10.1 Å². The maximum Gasteiger partial charge on any atom is 0.338 e. The Bertz CT molecular complexity index is 1660. The molecule has 1 N–H and O–H groups in total. The Morgan fingerprint density at radius 2 is 1.19 bits per heavy atom. The lowest BCUT2D eigenvalue weighted by Crippen LogP contribution is -2.41. The van der Waals surface area contributed by atoms with Crippen LogP contribution in [0.5, 0.6) is 0 Å². The molecule has 0 radical (unpaired) electrons. The molecule has 4 aromatic rings. The van der Waals surface area contributed by atoms with Crippen LogP contribution in [-0.2, 0) is 19.1 Å². The molecule has 3 amide bonds. The average molecular weight is 557 g/mol. The number of amides is 3. The van der Waals surface area contributed by atoms with Gasteiger partial charge in [0, 0.05) is 17.5 Å². The van der Waals surface area contributed by atoms with Gasteiger partial charge in [-0.1, -0.05) is 54.6 Å². The lowest BCUT2D eigenvalue weighted by Gasteiger charge is -2.45. The van der Waals surface area contributed by atoms with E-state index in [0.717, 1.165) is 33.4 Å². The van der Waals surface area contributed by atoms with E-state index < -0.39 is 30.3 Å². The first kappa shape index (κ1) is 25.9. The van der Waals surface area contributed by atoms with Crippen LogP contribution >= 0.6 is 0 Å². The monoisotopic (exact) mass is 556 g/mol. The third-order valence-electron chi connectivity index (χ3n) is 8.65. The molecular weight excluding hydrogens is 528 g/mol. The molecule has 0 saturated carbocycles. The number of esters is 1. The van der Waals surface area contributed by atoms with Gasteiger partial charge in [-0.25, -0.2) is 9.69 Å². The van der Waals surface area contributed by atoms with Crippen molar-refractivity contribution in [1.82, 2.24) is 0 Å². The number of benzene rings is 4. The van der Waals surface area contributed by atoms with Crippen LogP contribution in [0.3, 0.4) is 0 Å². The first-order valence-electron chi connectivity index (χ1n) is 14.0. The smallest absolute Gasteiger partial charge is 0.338 e. The van der Waals surface area contributed by atoms with E-state index in [0.29, 0.717) is 11.4 Å². The molecule has 2 bridgehead atoms. The van der Waals surface area contributed by atoms with Gasteiger partial charge >= 0.3 is 5.97 Å². The summed E-state index contributed by atoms with van der Waals surface area (Å²) in [6.07, 6.45) is 0. The third-order valence-corrected chi connectivity index (χ3v) is 8.65. The SMILES string of the molecule is Cc1cc(C)cc(NC(=O)COC(=O)c2ccc(N3C(=O)[C@H]4C5c6ccccc6C(c6ccccc65)[C@@H]4C3=O)cc2)c1. The van der Waals surface area contributed by atoms with Gasteiger partial charge in [0.05, 0.1) is 23.1 Å². The van der Waals surface area contributed by atoms with Crippen LogP contribution < -0.4 is 10.2 Å². The molecule has 2 atom stereocenters. The lowest BCUT2D eigenvalue weighted by molar-refractivity contribution is -0.122. The van der Waals surface area contributed by atoms with Crippen molar-refractivity contribution in [2.24, 2.45) is 11.8 Å². The molecule has 8 rings (SSSR count). The summed E-state index contributed by atoms with van der Waals surface area (Å²) in [6.45, 7) is 3.43. The fourth-order valence-corrected chi connectivity index (χ4v) is 7.14. The number of hydrogen-bond acceptors (Lipinski definition) is 5. The quantitative estimate of drug-likeness (QED) is 0.259. The molecule has 208 valence electrons. The van der Waals surface area contributed by atoms with Crippen molar-refractivity contribution in [3.63, 3.8) is 0 Å². The minimum Gasteiger partial charge on any atom is -0.452 e. The van der Waals surface area contributed by atoms with Crippen molar-refractivity contribution >= 4 is 35.1 Å². The number of anilines is 2. The fourth-order valence-electron chi connectivity index (χ4n) is 7.14. The number of nitrogens with one attached hydrogen (secondary N) is 1. The number of imide groups is 1. The van der Waals surface area contributed by atoms with Crippen LogP contribution in [0.15, 0.2) is 91.0 Å². The summed E-state index contributed by atoms with van der Waals surface area (Å²) in [6, 6.07) is 28.1. The highest BCUT2D eigenvalue weighted by atomic mass is 16.5. The Labute approximate surface area is 243 Å². The van der Waals surface area contributed by atoms with Crippen molar-refractivity contribution in [3.05, 3.63) is 130 Å². The minimum absolute atomic E-state index is 0.182. The van der Waals surface area contributed by atoms with Crippen LogP contribution in [0, 0.1) is 25.7 Å². The van der Waals surface area contributed by atoms with Gasteiger partial charge in [0.2, 0.25) is 11.8 Å². The normalized spacial score (nSPS) is 21.4. The van der Waals surface area contributed by atoms with E-state index in [1.165, 1.54) is 17.0 Å². The van der Waals surface area contributed by atoms with Gasteiger partial charge in [0.25, 0.3) is 5.91 Å². The molecule has 7 nitrogen and oxygen atoms in total. The summed E-state index contributed by atoms with van der Waals surface area (Å²) in [5.74, 6) is -2.88. The molecule has 4 aromatic carbocycles. The van der Waals surface area contributed by atoms with Crippen molar-refractivity contribution in [2.75, 3.05) is 16.8 Å². The summed E-state index contributed by atoms with van der Waals surface area (Å²) in [5, 5.41) is 2.74. The minimum atomic E-state index is -0.672. The second-order valence-electron chi connectivity index (χ2n) is 11.3. The van der Waals surface area contributed by atoms with Gasteiger partial charge in [-0.15, -0.1) is 0 Å². The Morgan fingerprint density at radius 3 is 1.67 bits per heavy atom. The molecule has 3 aliphatic carbocycles. The van der Waals surface area contributed by atoms with Crippen LogP contribution in [0.4, 0.5) is 11.4 Å². The number of rotatable bonds is 5. The van der Waals surface area contributed by atoms with Gasteiger partial charge in [-0.05, 0) is 83.6 Å². The average Bonchev–Trinajstić information content (AvgIpc) is 3.25. The third kappa shape index (κ3) is 4.04. The topological polar surface area (TPSA) is 92.8 Å². The van der Waals surface area contributed by atoms with Crippen molar-refractivity contribution in [1.29, 1.82) is 0 Å². The summed E-state index contributed by atoms with van der Waals surface area (Å²) in [4.78, 5) is 54.1. The molecule has 0 aromatic heterocycles. The van der Waals surface area contributed by atoms with E-state index in [1.54, 1.807) is 12.1 Å². The standard InChI is InChI=1S/C35H28N2O5/c1-19-15-20(2)17-22(16-19)36-28(38)18-42-35(41)21-11-13-23(14-12-21)37-33(39)31-29-24-7-3-4-8-25(24)30(32(31)34(37)40)27-10-6-5-9-26(27)29/h3-17,29-32H,18H2,1-2H3,(H,36,38)/t29?,30?,31-,32-/m0/s1. The maximum atomic E-state index is 13.9. The van der Waals surface area contributed by atoms with Gasteiger partial charge in [-0.3, -0.25) is 14.4 Å². The van der Waals surface area contributed by atoms with Crippen molar-refractivity contribution < 1.29 is 23.9 Å². The number of ether oxygens (including phenoxy) is 1. The number of carbonyl (C=O) groups excluding carboxylic acids is 4. The van der Waals surface area contributed by atoms with Gasteiger partial charge in [0.1, 0.15) is 0 Å². The zero-order valence-electron chi connectivity index (χ0n) is 23.2. The zero-order chi connectivity index (χ0) is 29.1. The van der Waals surface area contributed by atoms with Gasteiger partial charge in [-0.2, -0.15) is 0 Å². The predicted octanol–water partition coefficient (Wildman–Crippen LogP) is 5.50. The first-order valence-corrected chi connectivity index (χ1v) is 14.0. The Hall–Kier alpha value is -5.04. The number of nitrogens with zero attached hydrogens (tertiary/aromatic N) is 1. The summed E-state index contributed by atoms with van der Waals surface area (Å²) in [5.41, 5.74) is 7.76. The molecule has 4 aliphatic rings. The lowest BCUT2D eigenvalue weighted by atomic mass is 9.55. The largest absolute Gasteiger partial charge is 0.452 e. The first-order chi connectivity index (χ1) is 20.3. The van der Waals surface area contributed by atoms with Crippen molar-refractivity contribution in [2.45, 2.75) is 25.7 Å². The Balaban J connectivity index is 1.08. The van der Waals surface area contributed by atoms with Crippen LogP contribution in [0.1, 0.15) is 55.6 Å². The zero-order valence-corrected chi connectivity index (χ0v) is 23.2. The van der Waals surface area contributed by atoms with Crippen LogP contribution in [0.25, 0.3) is 0 Å². The predicted molar refractivity (Wildman–Crippen MR) is 157 cm³/mol. The number of aryl methyl sites for hydroxylation is 2. The molecule has 0 unspecified atom stereocenters. The van der Waals surface area contributed by atoms with E-state index >= 15 is 0 Å². The van der Waals surface area contributed by atoms with Crippen LogP contribution in [-0.4, -0.2) is 30.3 Å². The van der Waals surface area contributed by atoms with E-state index in [1.807, 2.05) is 56.3 Å². The van der Waals surface area contributed by atoms with E-state index in [2.05, 4.69) is 29.6 Å².